The van der Waals surface area contributed by atoms with Gasteiger partial charge in [-0.3, -0.25) is 4.84 Å². The summed E-state index contributed by atoms with van der Waals surface area (Å²) < 4.78 is 0. The van der Waals surface area contributed by atoms with Gasteiger partial charge in [-0.25, -0.2) is 0 Å². The van der Waals surface area contributed by atoms with Gasteiger partial charge in [0.05, 0.1) is 0 Å². The van der Waals surface area contributed by atoms with Crippen LogP contribution >= 0.6 is 0 Å². The number of piperidine rings is 1. The Kier molecular flexibility index (Phi) is 1.24. The summed E-state index contributed by atoms with van der Waals surface area (Å²) in [4.78, 5) is 5.58. The molecule has 11 heavy (non-hydrogen) atoms. The fourth-order valence-corrected chi connectivity index (χ4v) is 2.02. The van der Waals surface area contributed by atoms with Crippen LogP contribution in [0.25, 0.3) is 0 Å². The van der Waals surface area contributed by atoms with Crippen molar-refractivity contribution < 1.29 is 4.84 Å². The van der Waals surface area contributed by atoms with Crippen LogP contribution in [-0.4, -0.2) is 17.3 Å². The second-order valence-electron chi connectivity index (χ2n) is 4.59. The maximum atomic E-state index is 5.58. The zero-order chi connectivity index (χ0) is 8.28. The topological polar surface area (TPSA) is 15.5 Å². The predicted molar refractivity (Wildman–Crippen MR) is 43.8 cm³/mol. The van der Waals surface area contributed by atoms with Gasteiger partial charge < -0.3 is 0 Å². The van der Waals surface area contributed by atoms with Gasteiger partial charge in [0.2, 0.25) is 0 Å². The van der Waals surface area contributed by atoms with Crippen LogP contribution in [0.4, 0.5) is 0 Å². The van der Waals surface area contributed by atoms with Crippen molar-refractivity contribution in [3.8, 4) is 0 Å². The van der Waals surface area contributed by atoms with Crippen molar-refractivity contribution in [3.05, 3.63) is 0 Å². The summed E-state index contributed by atoms with van der Waals surface area (Å²) in [5, 5.41) is 2.12. The van der Waals surface area contributed by atoms with E-state index < -0.39 is 0 Å². The van der Waals surface area contributed by atoms with Crippen molar-refractivity contribution in [1.82, 2.24) is 5.06 Å². The first-order valence-electron chi connectivity index (χ1n) is 4.45. The maximum Gasteiger partial charge on any atom is 0.167 e. The molecule has 0 aromatic carbocycles. The minimum Gasteiger partial charge on any atom is -0.271 e. The largest absolute Gasteiger partial charge is 0.271 e. The van der Waals surface area contributed by atoms with Crippen molar-refractivity contribution in [2.45, 2.75) is 39.8 Å². The molecule has 0 radical (unpaired) electrons. The van der Waals surface area contributed by atoms with Crippen LogP contribution in [0.5, 0.6) is 0 Å². The highest BCUT2D eigenvalue weighted by Gasteiger charge is 2.64. The van der Waals surface area contributed by atoms with E-state index in [0.29, 0.717) is 5.41 Å². The minimum atomic E-state index is 0.0463. The molecule has 2 heteroatoms. The molecule has 0 bridgehead atoms. The number of hydrogen-bond donors (Lipinski definition) is 0. The van der Waals surface area contributed by atoms with E-state index in [4.69, 9.17) is 4.84 Å². The van der Waals surface area contributed by atoms with E-state index in [9.17, 15) is 0 Å². The van der Waals surface area contributed by atoms with Crippen LogP contribution in [0.2, 0.25) is 0 Å². The lowest BCUT2D eigenvalue weighted by atomic mass is 9.70. The third kappa shape index (κ3) is 0.744. The predicted octanol–water partition coefficient (Wildman–Crippen LogP) is 2.02. The van der Waals surface area contributed by atoms with Gasteiger partial charge in [0.15, 0.2) is 5.72 Å². The fourth-order valence-electron chi connectivity index (χ4n) is 2.02. The number of fused-ring (bicyclic) bond motifs is 1. The lowest BCUT2D eigenvalue weighted by molar-refractivity contribution is 0.0749. The zero-order valence-corrected chi connectivity index (χ0v) is 7.85. The summed E-state index contributed by atoms with van der Waals surface area (Å²) in [6.07, 6.45) is 1.27. The van der Waals surface area contributed by atoms with E-state index >= 15 is 0 Å². The molecule has 2 aliphatic rings. The van der Waals surface area contributed by atoms with Crippen molar-refractivity contribution in [2.75, 3.05) is 6.54 Å². The second kappa shape index (κ2) is 1.80. The number of nitrogens with zero attached hydrogens (tertiary/aromatic N) is 1. The normalized spacial score (nSPS) is 53.5. The summed E-state index contributed by atoms with van der Waals surface area (Å²) in [5.74, 6) is 0.770. The second-order valence-corrected chi connectivity index (χ2v) is 4.59. The molecule has 2 fully saturated rings. The van der Waals surface area contributed by atoms with Crippen LogP contribution in [0.15, 0.2) is 0 Å². The Hall–Kier alpha value is -0.0800. The monoisotopic (exact) mass is 155 g/mol. The molecule has 0 aromatic rings. The van der Waals surface area contributed by atoms with Gasteiger partial charge in [0.25, 0.3) is 0 Å². The highest BCUT2D eigenvalue weighted by atomic mass is 16.9. The molecule has 0 spiro atoms. The van der Waals surface area contributed by atoms with Crippen LogP contribution in [0.1, 0.15) is 34.1 Å². The summed E-state index contributed by atoms with van der Waals surface area (Å²) in [6.45, 7) is 10.2. The molecule has 3 atom stereocenters. The summed E-state index contributed by atoms with van der Waals surface area (Å²) in [5.41, 5.74) is 0.357. The van der Waals surface area contributed by atoms with Crippen LogP contribution in [0.3, 0.4) is 0 Å². The minimum absolute atomic E-state index is 0.0463. The van der Waals surface area contributed by atoms with E-state index in [1.165, 1.54) is 6.42 Å². The van der Waals surface area contributed by atoms with E-state index in [2.05, 4.69) is 32.8 Å². The molecule has 2 heterocycles. The van der Waals surface area contributed by atoms with Crippen LogP contribution < -0.4 is 0 Å². The standard InChI is InChI=1S/C9H17NO/c1-7-5-6-10-9(4,11-10)8(7,2)3/h7H,5-6H2,1-4H3. The Morgan fingerprint density at radius 2 is 2.00 bits per heavy atom. The first-order valence-corrected chi connectivity index (χ1v) is 4.45. The molecule has 2 aliphatic heterocycles. The Morgan fingerprint density at radius 3 is 2.55 bits per heavy atom. The van der Waals surface area contributed by atoms with Gasteiger partial charge in [-0.05, 0) is 19.3 Å². The quantitative estimate of drug-likeness (QED) is 0.497. The molecule has 0 aromatic heterocycles. The van der Waals surface area contributed by atoms with E-state index in [1.807, 2.05) is 0 Å². The molecule has 0 aliphatic carbocycles. The molecular weight excluding hydrogens is 138 g/mol. The molecule has 2 saturated heterocycles. The molecule has 3 unspecified atom stereocenters. The average Bonchev–Trinajstić information content (AvgIpc) is 2.57. The lowest BCUT2D eigenvalue weighted by Crippen LogP contribution is -2.44. The Balaban J connectivity index is 2.26. The Morgan fingerprint density at radius 1 is 1.36 bits per heavy atom. The van der Waals surface area contributed by atoms with Crippen LogP contribution in [-0.2, 0) is 4.84 Å². The van der Waals surface area contributed by atoms with Crippen molar-refractivity contribution in [2.24, 2.45) is 11.3 Å². The summed E-state index contributed by atoms with van der Waals surface area (Å²) >= 11 is 0. The molecule has 64 valence electrons. The molecule has 0 N–H and O–H groups in total. The molecule has 2 nitrogen and oxygen atoms in total. The summed E-state index contributed by atoms with van der Waals surface area (Å²) in [6, 6.07) is 0. The van der Waals surface area contributed by atoms with Crippen molar-refractivity contribution in [3.63, 3.8) is 0 Å². The fraction of sp³-hybridized carbons (Fsp3) is 1.00. The van der Waals surface area contributed by atoms with Gasteiger partial charge in [-0.1, -0.05) is 20.8 Å². The third-order valence-corrected chi connectivity index (χ3v) is 3.92. The van der Waals surface area contributed by atoms with Gasteiger partial charge in [-0.2, -0.15) is 5.06 Å². The van der Waals surface area contributed by atoms with Crippen molar-refractivity contribution in [1.29, 1.82) is 0 Å². The van der Waals surface area contributed by atoms with E-state index in [-0.39, 0.29) is 5.72 Å². The SMILES string of the molecule is CC1CCN2OC2(C)C1(C)C. The molecule has 2 rings (SSSR count). The lowest BCUT2D eigenvalue weighted by Gasteiger charge is -2.38. The third-order valence-electron chi connectivity index (χ3n) is 3.92. The zero-order valence-electron chi connectivity index (χ0n) is 7.85. The molecular formula is C9H17NO. The van der Waals surface area contributed by atoms with Gasteiger partial charge >= 0.3 is 0 Å². The number of hydroxylamine groups is 2. The van der Waals surface area contributed by atoms with Gasteiger partial charge in [0, 0.05) is 12.0 Å². The van der Waals surface area contributed by atoms with Crippen molar-refractivity contribution >= 4 is 0 Å². The maximum absolute atomic E-state index is 5.58. The molecule has 0 amide bonds. The highest BCUT2D eigenvalue weighted by molar-refractivity contribution is 5.02. The average molecular weight is 155 g/mol. The molecule has 0 saturated carbocycles. The van der Waals surface area contributed by atoms with Crippen LogP contribution in [0, 0.1) is 11.3 Å². The highest BCUT2D eigenvalue weighted by Crippen LogP contribution is 2.56. The van der Waals surface area contributed by atoms with E-state index in [0.717, 1.165) is 12.5 Å². The van der Waals surface area contributed by atoms with Gasteiger partial charge in [-0.15, -0.1) is 0 Å². The number of rotatable bonds is 0. The van der Waals surface area contributed by atoms with E-state index in [1.54, 1.807) is 0 Å². The Bertz CT molecular complexity index is 190. The van der Waals surface area contributed by atoms with Gasteiger partial charge in [0.1, 0.15) is 0 Å². The first kappa shape index (κ1) is 7.56. The Labute approximate surface area is 68.5 Å². The summed E-state index contributed by atoms with van der Waals surface area (Å²) in [7, 11) is 0. The smallest absolute Gasteiger partial charge is 0.167 e. The first-order chi connectivity index (χ1) is 4.98. The number of hydrogen-bond acceptors (Lipinski definition) is 2.